The fraction of sp³-hybridized carbons (Fsp3) is 0.800. The van der Waals surface area contributed by atoms with Crippen molar-refractivity contribution in [2.75, 3.05) is 13.7 Å². The average molecular weight is 428 g/mol. The normalized spacial score (nSPS) is 29.9. The van der Waals surface area contributed by atoms with Gasteiger partial charge in [0.05, 0.1) is 12.4 Å². The first-order valence-electron chi connectivity index (χ1n) is 10.7. The first-order chi connectivity index (χ1) is 13.8. The van der Waals surface area contributed by atoms with Gasteiger partial charge in [-0.05, 0) is 44.9 Å². The number of nitrogens with zero attached hydrogens (tertiary/aromatic N) is 1. The Balaban J connectivity index is 1.68. The number of amides is 2. The number of unbranched alkanes of at least 4 members (excludes halogenated alkanes) is 3. The summed E-state index contributed by atoms with van der Waals surface area (Å²) in [4.78, 5) is 31.1. The van der Waals surface area contributed by atoms with E-state index < -0.39 is 32.8 Å². The number of hydrogen-bond donors (Lipinski definition) is 2. The van der Waals surface area contributed by atoms with Crippen molar-refractivity contribution in [2.24, 2.45) is 5.92 Å². The van der Waals surface area contributed by atoms with E-state index in [1.165, 1.54) is 7.11 Å². The molecule has 29 heavy (non-hydrogen) atoms. The number of hydroxylamine groups is 2. The topological polar surface area (TPSA) is 105 Å². The predicted molar refractivity (Wildman–Crippen MR) is 109 cm³/mol. The third-order valence-corrected chi connectivity index (χ3v) is 7.87. The van der Waals surface area contributed by atoms with Gasteiger partial charge in [-0.25, -0.2) is 8.42 Å². The number of carbonyl (C=O) groups is 2. The maximum atomic E-state index is 12.9. The molecular formula is C20H33N3O5S. The molecule has 1 saturated heterocycles. The second kappa shape index (κ2) is 9.14. The lowest BCUT2D eigenvalue weighted by atomic mass is 10.1. The average Bonchev–Trinajstić information content (AvgIpc) is 3.59. The molecule has 8 nitrogen and oxygen atoms in total. The lowest BCUT2D eigenvalue weighted by Gasteiger charge is -2.25. The van der Waals surface area contributed by atoms with Crippen molar-refractivity contribution in [3.63, 3.8) is 0 Å². The lowest BCUT2D eigenvalue weighted by Crippen LogP contribution is -2.56. The Morgan fingerprint density at radius 3 is 2.66 bits per heavy atom. The molecular weight excluding hydrogens is 394 g/mol. The highest BCUT2D eigenvalue weighted by molar-refractivity contribution is 7.91. The predicted octanol–water partition coefficient (Wildman–Crippen LogP) is 1.63. The Kier molecular flexibility index (Phi) is 7.01. The summed E-state index contributed by atoms with van der Waals surface area (Å²) in [5, 5.41) is 3.99. The smallest absolute Gasteiger partial charge is 0.259 e. The highest BCUT2D eigenvalue weighted by Crippen LogP contribution is 2.46. The zero-order chi connectivity index (χ0) is 21.1. The molecule has 0 aromatic carbocycles. The van der Waals surface area contributed by atoms with Crippen molar-refractivity contribution in [3.8, 4) is 0 Å². The lowest BCUT2D eigenvalue weighted by molar-refractivity contribution is -0.161. The number of sulfonamides is 1. The molecule has 9 heteroatoms. The fourth-order valence-corrected chi connectivity index (χ4v) is 5.32. The van der Waals surface area contributed by atoms with Crippen LogP contribution in [0.25, 0.3) is 0 Å². The summed E-state index contributed by atoms with van der Waals surface area (Å²) in [5.74, 6) is -1.10. The van der Waals surface area contributed by atoms with E-state index >= 15 is 0 Å². The molecule has 0 unspecified atom stereocenters. The van der Waals surface area contributed by atoms with Crippen molar-refractivity contribution in [3.05, 3.63) is 12.2 Å². The highest BCUT2D eigenvalue weighted by Gasteiger charge is 2.61. The van der Waals surface area contributed by atoms with Crippen LogP contribution in [0.1, 0.15) is 64.7 Å². The number of carbonyl (C=O) groups excluding carboxylic acids is 2. The molecule has 2 aliphatic carbocycles. The van der Waals surface area contributed by atoms with Crippen molar-refractivity contribution < 1.29 is 22.8 Å². The molecule has 2 saturated carbocycles. The molecule has 3 fully saturated rings. The SMILES string of the molecule is CCCCC/C=C\[C@@H]1C[C@]1(NC(=O)[C@@H]1CCCN1OC)C(=O)NS(=O)(=O)C1CC1. The standard InChI is InChI=1S/C20H33N3O5S/c1-3-4-5-6-7-9-15-14-20(15,19(25)22-29(26,27)16-11-12-16)21-18(24)17-10-8-13-23(17)28-2/h7,9,15-17H,3-6,8,10-14H2,1-2H3,(H,21,24)(H,22,25)/b9-7-/t15-,17+,20-/m1/s1. The third kappa shape index (κ3) is 5.19. The largest absolute Gasteiger partial charge is 0.340 e. The molecule has 3 aliphatic rings. The fourth-order valence-electron chi connectivity index (χ4n) is 3.96. The van der Waals surface area contributed by atoms with E-state index in [0.29, 0.717) is 32.2 Å². The van der Waals surface area contributed by atoms with Gasteiger partial charge in [0, 0.05) is 12.5 Å². The summed E-state index contributed by atoms with van der Waals surface area (Å²) < 4.78 is 26.8. The Hall–Kier alpha value is -1.45. The van der Waals surface area contributed by atoms with Gasteiger partial charge in [0.2, 0.25) is 15.9 Å². The minimum atomic E-state index is -3.67. The summed E-state index contributed by atoms with van der Waals surface area (Å²) in [7, 11) is -2.14. The third-order valence-electron chi connectivity index (χ3n) is 6.05. The van der Waals surface area contributed by atoms with Crippen molar-refractivity contribution in [1.82, 2.24) is 15.1 Å². The van der Waals surface area contributed by atoms with Crippen LogP contribution in [0.5, 0.6) is 0 Å². The summed E-state index contributed by atoms with van der Waals surface area (Å²) >= 11 is 0. The molecule has 1 aliphatic heterocycles. The van der Waals surface area contributed by atoms with Gasteiger partial charge < -0.3 is 10.2 Å². The minimum Gasteiger partial charge on any atom is -0.340 e. The van der Waals surface area contributed by atoms with Gasteiger partial charge in [-0.3, -0.25) is 14.3 Å². The number of rotatable bonds is 11. The molecule has 1 heterocycles. The summed E-state index contributed by atoms with van der Waals surface area (Å²) in [5.41, 5.74) is -1.19. The molecule has 0 aromatic rings. The molecule has 2 N–H and O–H groups in total. The zero-order valence-corrected chi connectivity index (χ0v) is 18.2. The van der Waals surface area contributed by atoms with Crippen molar-refractivity contribution in [2.45, 2.75) is 81.5 Å². The van der Waals surface area contributed by atoms with Gasteiger partial charge in [0.25, 0.3) is 5.91 Å². The van der Waals surface area contributed by atoms with Gasteiger partial charge >= 0.3 is 0 Å². The minimum absolute atomic E-state index is 0.195. The molecule has 2 amide bonds. The molecule has 3 rings (SSSR count). The van der Waals surface area contributed by atoms with Crippen LogP contribution in [0.3, 0.4) is 0 Å². The van der Waals surface area contributed by atoms with Gasteiger partial charge in [-0.15, -0.1) is 0 Å². The molecule has 0 radical (unpaired) electrons. The van der Waals surface area contributed by atoms with Crippen molar-refractivity contribution >= 4 is 21.8 Å². The van der Waals surface area contributed by atoms with Crippen LogP contribution in [-0.2, 0) is 24.4 Å². The monoisotopic (exact) mass is 427 g/mol. The number of hydrogen-bond acceptors (Lipinski definition) is 6. The molecule has 0 bridgehead atoms. The summed E-state index contributed by atoms with van der Waals surface area (Å²) in [6.45, 7) is 2.80. The highest BCUT2D eigenvalue weighted by atomic mass is 32.2. The molecule has 0 spiro atoms. The number of allylic oxidation sites excluding steroid dienone is 1. The van der Waals surface area contributed by atoms with Gasteiger partial charge in [-0.1, -0.05) is 31.9 Å². The van der Waals surface area contributed by atoms with E-state index in [0.717, 1.165) is 32.1 Å². The van der Waals surface area contributed by atoms with E-state index in [1.54, 1.807) is 5.06 Å². The van der Waals surface area contributed by atoms with E-state index in [-0.39, 0.29) is 11.8 Å². The first-order valence-corrected chi connectivity index (χ1v) is 12.2. The Labute approximate surface area is 173 Å². The van der Waals surface area contributed by atoms with Crippen LogP contribution in [0.4, 0.5) is 0 Å². The maximum absolute atomic E-state index is 12.9. The summed E-state index contributed by atoms with van der Waals surface area (Å²) in [6, 6.07) is -0.459. The second-order valence-corrected chi connectivity index (χ2v) is 10.3. The van der Waals surface area contributed by atoms with Crippen LogP contribution >= 0.6 is 0 Å². The van der Waals surface area contributed by atoms with E-state index in [1.807, 2.05) is 12.2 Å². The second-order valence-electron chi connectivity index (χ2n) is 8.35. The number of nitrogens with one attached hydrogen (secondary N) is 2. The van der Waals surface area contributed by atoms with Gasteiger partial charge in [0.15, 0.2) is 0 Å². The Morgan fingerprint density at radius 1 is 1.24 bits per heavy atom. The van der Waals surface area contributed by atoms with E-state index in [9.17, 15) is 18.0 Å². The zero-order valence-electron chi connectivity index (χ0n) is 17.4. The van der Waals surface area contributed by atoms with Crippen LogP contribution in [-0.4, -0.2) is 55.8 Å². The molecule has 3 atom stereocenters. The summed E-state index contributed by atoms with van der Waals surface area (Å²) in [6.07, 6.45) is 11.3. The van der Waals surface area contributed by atoms with Gasteiger partial charge in [0.1, 0.15) is 11.6 Å². The maximum Gasteiger partial charge on any atom is 0.259 e. The Bertz CT molecular complexity index is 749. The van der Waals surface area contributed by atoms with E-state index in [2.05, 4.69) is 17.0 Å². The quantitative estimate of drug-likeness (QED) is 0.384. The van der Waals surface area contributed by atoms with Crippen molar-refractivity contribution in [1.29, 1.82) is 0 Å². The molecule has 164 valence electrons. The van der Waals surface area contributed by atoms with E-state index in [4.69, 9.17) is 4.84 Å². The Morgan fingerprint density at radius 2 is 2.00 bits per heavy atom. The van der Waals surface area contributed by atoms with Crippen LogP contribution < -0.4 is 10.0 Å². The first kappa shape index (κ1) is 22.2. The van der Waals surface area contributed by atoms with Crippen LogP contribution in [0, 0.1) is 5.92 Å². The van der Waals surface area contributed by atoms with Crippen LogP contribution in [0.2, 0.25) is 0 Å². The molecule has 0 aromatic heterocycles. The van der Waals surface area contributed by atoms with Crippen LogP contribution in [0.15, 0.2) is 12.2 Å². The van der Waals surface area contributed by atoms with Gasteiger partial charge in [-0.2, -0.15) is 5.06 Å².